The van der Waals surface area contributed by atoms with Crippen molar-refractivity contribution in [1.82, 2.24) is 15.7 Å². The van der Waals surface area contributed by atoms with Gasteiger partial charge in [-0.1, -0.05) is 4.65 Å². The number of amides is 3. The van der Waals surface area contributed by atoms with Crippen LogP contribution in [0.25, 0.3) is 0 Å². The van der Waals surface area contributed by atoms with E-state index in [2.05, 4.69) is 14.9 Å². The minimum atomic E-state index is -4.88. The zero-order valence-electron chi connectivity index (χ0n) is 13.5. The van der Waals surface area contributed by atoms with Crippen molar-refractivity contribution in [2.24, 2.45) is 5.73 Å². The van der Waals surface area contributed by atoms with E-state index < -0.39 is 39.1 Å². The summed E-state index contributed by atoms with van der Waals surface area (Å²) in [6.07, 6.45) is 0.550. The number of hydroxylamine groups is 5. The lowest BCUT2D eigenvalue weighted by atomic mass is 10.00. The molecule has 3 aliphatic heterocycles. The van der Waals surface area contributed by atoms with Crippen LogP contribution in [0.5, 0.6) is 0 Å². The van der Waals surface area contributed by atoms with Crippen LogP contribution in [0.4, 0.5) is 4.79 Å². The summed E-state index contributed by atoms with van der Waals surface area (Å²) in [6, 6.07) is -2.52. The van der Waals surface area contributed by atoms with Gasteiger partial charge in [-0.25, -0.2) is 4.79 Å². The van der Waals surface area contributed by atoms with Crippen LogP contribution >= 0.6 is 0 Å². The van der Waals surface area contributed by atoms with Gasteiger partial charge in [0.05, 0.1) is 0 Å². The third-order valence-corrected chi connectivity index (χ3v) is 5.09. The van der Waals surface area contributed by atoms with Gasteiger partial charge < -0.3 is 16.4 Å². The zero-order chi connectivity index (χ0) is 18.2. The molecule has 13 heteroatoms. The molecular weight excluding hydrogens is 358 g/mol. The fourth-order valence-electron chi connectivity index (χ4n) is 3.61. The lowest BCUT2D eigenvalue weighted by Crippen LogP contribution is -2.64. The molecule has 0 aromatic carbocycles. The number of piperidine rings is 1. The first-order valence-corrected chi connectivity index (χ1v) is 9.36. The SMILES string of the molecule is NC(=O)[C@@H]1CC[C@@H]2C[N+]1(OCC1CNCCN1)C(=O)N2OS(=O)(=O)O. The molecule has 3 rings (SSSR count). The van der Waals surface area contributed by atoms with E-state index in [-0.39, 0.29) is 25.6 Å². The minimum Gasteiger partial charge on any atom is -0.364 e. The monoisotopic (exact) mass is 380 g/mol. The standard InChI is InChI=1S/C12H21N5O7S/c13-11(18)10-2-1-9-6-17(10,12(19)16(9)24-25(20,21)22)23-7-8-5-14-3-4-15-8/h8-10,14-15H,1-7H2,(H2-,13,18,20,21,22)/p+1/t8?,9-,10+,17?/m1/s1. The molecule has 0 saturated carbocycles. The van der Waals surface area contributed by atoms with E-state index in [1.807, 2.05) is 0 Å². The molecule has 2 bridgehead atoms. The number of nitrogens with one attached hydrogen (secondary N) is 2. The van der Waals surface area contributed by atoms with Crippen LogP contribution in [0.2, 0.25) is 0 Å². The van der Waals surface area contributed by atoms with Gasteiger partial charge in [-0.15, -0.1) is 9.35 Å². The van der Waals surface area contributed by atoms with Crippen molar-refractivity contribution < 1.29 is 36.3 Å². The van der Waals surface area contributed by atoms with Gasteiger partial charge in [0.2, 0.25) is 6.04 Å². The average Bonchev–Trinajstić information content (AvgIpc) is 2.74. The van der Waals surface area contributed by atoms with Crippen LogP contribution in [-0.4, -0.2) is 85.5 Å². The molecule has 3 fully saturated rings. The van der Waals surface area contributed by atoms with E-state index in [0.29, 0.717) is 18.0 Å². The van der Waals surface area contributed by atoms with Crippen LogP contribution < -0.4 is 16.4 Å². The highest BCUT2D eigenvalue weighted by molar-refractivity contribution is 7.80. The number of carbonyl (C=O) groups excluding carboxylic acids is 2. The van der Waals surface area contributed by atoms with E-state index in [1.165, 1.54) is 0 Å². The molecule has 0 radical (unpaired) electrons. The Hall–Kier alpha value is -1.35. The van der Waals surface area contributed by atoms with Gasteiger partial charge in [-0.2, -0.15) is 13.3 Å². The molecular formula is C12H22N5O7S+. The highest BCUT2D eigenvalue weighted by Gasteiger charge is 2.65. The summed E-state index contributed by atoms with van der Waals surface area (Å²) in [6.45, 7) is 2.32. The van der Waals surface area contributed by atoms with Gasteiger partial charge >= 0.3 is 16.4 Å². The molecule has 0 aromatic heterocycles. The Balaban J connectivity index is 1.82. The number of primary amides is 1. The lowest BCUT2D eigenvalue weighted by molar-refractivity contribution is -1.05. The molecule has 3 aliphatic rings. The minimum absolute atomic E-state index is 0.0160. The lowest BCUT2D eigenvalue weighted by Gasteiger charge is -2.36. The summed E-state index contributed by atoms with van der Waals surface area (Å²) in [5, 5.41) is 6.97. The number of carbonyl (C=O) groups is 2. The molecule has 25 heavy (non-hydrogen) atoms. The van der Waals surface area contributed by atoms with Crippen molar-refractivity contribution in [3.63, 3.8) is 0 Å². The third-order valence-electron chi connectivity index (χ3n) is 4.74. The second kappa shape index (κ2) is 6.75. The molecule has 142 valence electrons. The fraction of sp³-hybridized carbons (Fsp3) is 0.833. The number of hydrogen-bond acceptors (Lipinski definition) is 8. The molecule has 0 aromatic rings. The first-order chi connectivity index (χ1) is 11.7. The highest BCUT2D eigenvalue weighted by atomic mass is 32.3. The maximum atomic E-state index is 12.8. The second-order valence-corrected chi connectivity index (χ2v) is 7.39. The van der Waals surface area contributed by atoms with Crippen LogP contribution in [0.1, 0.15) is 12.8 Å². The molecule has 2 unspecified atom stereocenters. The second-order valence-electron chi connectivity index (χ2n) is 6.39. The van der Waals surface area contributed by atoms with E-state index in [9.17, 15) is 18.0 Å². The van der Waals surface area contributed by atoms with E-state index in [4.69, 9.17) is 15.1 Å². The third kappa shape index (κ3) is 3.62. The van der Waals surface area contributed by atoms with Crippen molar-refractivity contribution in [3.05, 3.63) is 0 Å². The molecule has 12 nitrogen and oxygen atoms in total. The topological polar surface area (TPSA) is 160 Å². The van der Waals surface area contributed by atoms with Crippen molar-refractivity contribution >= 4 is 22.3 Å². The number of urea groups is 1. The van der Waals surface area contributed by atoms with Crippen molar-refractivity contribution in [2.75, 3.05) is 32.8 Å². The van der Waals surface area contributed by atoms with Crippen LogP contribution in [0.3, 0.4) is 0 Å². The number of hydrogen-bond donors (Lipinski definition) is 4. The Morgan fingerprint density at radius 3 is 2.76 bits per heavy atom. The van der Waals surface area contributed by atoms with Crippen molar-refractivity contribution in [2.45, 2.75) is 31.0 Å². The van der Waals surface area contributed by atoms with Crippen LogP contribution in [0.15, 0.2) is 0 Å². The molecule has 0 aliphatic carbocycles. The Morgan fingerprint density at radius 2 is 2.16 bits per heavy atom. The average molecular weight is 380 g/mol. The smallest absolute Gasteiger partial charge is 0.364 e. The van der Waals surface area contributed by atoms with Gasteiger partial charge in [0.1, 0.15) is 19.2 Å². The van der Waals surface area contributed by atoms with Gasteiger partial charge in [-0.05, 0) is 6.42 Å². The summed E-state index contributed by atoms with van der Waals surface area (Å²) in [5.41, 5.74) is 5.44. The van der Waals surface area contributed by atoms with Gasteiger partial charge in [0.15, 0.2) is 0 Å². The highest BCUT2D eigenvalue weighted by Crippen LogP contribution is 2.38. The molecule has 3 heterocycles. The number of rotatable bonds is 6. The first kappa shape index (κ1) is 18.4. The van der Waals surface area contributed by atoms with Crippen LogP contribution in [0, 0.1) is 0 Å². The quantitative estimate of drug-likeness (QED) is 0.288. The maximum Gasteiger partial charge on any atom is 0.477 e. The Morgan fingerprint density at radius 1 is 1.40 bits per heavy atom. The fourth-order valence-corrected chi connectivity index (χ4v) is 4.00. The molecule has 3 amide bonds. The van der Waals surface area contributed by atoms with E-state index >= 15 is 0 Å². The van der Waals surface area contributed by atoms with Crippen molar-refractivity contribution in [3.8, 4) is 0 Å². The summed E-state index contributed by atoms with van der Waals surface area (Å²) < 4.78 is 34.6. The summed E-state index contributed by atoms with van der Waals surface area (Å²) >= 11 is 0. The van der Waals surface area contributed by atoms with Crippen molar-refractivity contribution in [1.29, 1.82) is 0 Å². The Labute approximate surface area is 144 Å². The molecule has 3 saturated heterocycles. The number of quaternary nitrogens is 1. The largest absolute Gasteiger partial charge is 0.477 e. The van der Waals surface area contributed by atoms with Gasteiger partial charge in [0.25, 0.3) is 5.91 Å². The molecule has 0 spiro atoms. The van der Waals surface area contributed by atoms with Gasteiger partial charge in [0, 0.05) is 32.1 Å². The maximum absolute atomic E-state index is 12.8. The predicted molar refractivity (Wildman–Crippen MR) is 81.6 cm³/mol. The van der Waals surface area contributed by atoms with Crippen LogP contribution in [-0.2, 0) is 24.3 Å². The predicted octanol–water partition coefficient (Wildman–Crippen LogP) is -2.52. The van der Waals surface area contributed by atoms with Gasteiger partial charge in [-0.3, -0.25) is 9.35 Å². The molecule has 4 atom stereocenters. The molecule has 5 N–H and O–H groups in total. The van der Waals surface area contributed by atoms with E-state index in [0.717, 1.165) is 13.1 Å². The summed E-state index contributed by atoms with van der Waals surface area (Å²) in [4.78, 5) is 30.5. The first-order valence-electron chi connectivity index (χ1n) is 7.99. The Bertz CT molecular complexity index is 652. The summed E-state index contributed by atoms with van der Waals surface area (Å²) in [5.74, 6) is -0.713. The number of fused-ring (bicyclic) bond motifs is 2. The zero-order valence-corrected chi connectivity index (χ0v) is 14.3. The summed E-state index contributed by atoms with van der Waals surface area (Å²) in [7, 11) is -4.88. The number of piperazine rings is 1. The number of nitrogens with two attached hydrogens (primary N) is 1. The van der Waals surface area contributed by atoms with E-state index in [1.54, 1.807) is 0 Å². The number of nitrogens with zero attached hydrogens (tertiary/aromatic N) is 2. The normalized spacial score (nSPS) is 35.8. The Kier molecular flexibility index (Phi) is 4.98.